The molecule has 0 aliphatic carbocycles. The van der Waals surface area contributed by atoms with E-state index in [2.05, 4.69) is 4.98 Å². The number of benzene rings is 1. The Morgan fingerprint density at radius 2 is 2.00 bits per heavy atom. The maximum atomic E-state index is 12.0. The first-order chi connectivity index (χ1) is 9.08. The second-order valence-electron chi connectivity index (χ2n) is 4.14. The van der Waals surface area contributed by atoms with E-state index in [1.807, 2.05) is 22.9 Å². The number of carbonyl (C=O) groups excluding carboxylic acids is 2. The fourth-order valence-corrected chi connectivity index (χ4v) is 1.71. The molecule has 0 aliphatic heterocycles. The van der Waals surface area contributed by atoms with Gasteiger partial charge in [-0.1, -0.05) is 0 Å². The van der Waals surface area contributed by atoms with E-state index in [0.29, 0.717) is 5.56 Å². The number of imidazole rings is 1. The van der Waals surface area contributed by atoms with Gasteiger partial charge in [0, 0.05) is 30.7 Å². The molecule has 0 saturated heterocycles. The Kier molecular flexibility index (Phi) is 3.61. The van der Waals surface area contributed by atoms with Crippen LogP contribution in [0.1, 0.15) is 10.4 Å². The fourth-order valence-electron chi connectivity index (χ4n) is 1.71. The SMILES string of the molecule is CN(CC(N)=O)C(=O)c1ccc(-n2ccnc2)cc1. The highest BCUT2D eigenvalue weighted by molar-refractivity contribution is 5.96. The molecule has 1 heterocycles. The minimum Gasteiger partial charge on any atom is -0.368 e. The molecule has 19 heavy (non-hydrogen) atoms. The molecule has 2 rings (SSSR count). The molecule has 98 valence electrons. The van der Waals surface area contributed by atoms with Crippen molar-refractivity contribution in [3.05, 3.63) is 48.5 Å². The summed E-state index contributed by atoms with van der Waals surface area (Å²) in [7, 11) is 1.54. The molecule has 0 unspecified atom stereocenters. The predicted molar refractivity (Wildman–Crippen MR) is 69.7 cm³/mol. The largest absolute Gasteiger partial charge is 0.368 e. The van der Waals surface area contributed by atoms with Crippen LogP contribution in [0.5, 0.6) is 0 Å². The first kappa shape index (κ1) is 12.8. The first-order valence-corrected chi connectivity index (χ1v) is 5.70. The lowest BCUT2D eigenvalue weighted by Crippen LogP contribution is -2.35. The number of hydrogen-bond donors (Lipinski definition) is 1. The molecule has 1 aromatic carbocycles. The summed E-state index contributed by atoms with van der Waals surface area (Å²) in [6.07, 6.45) is 5.17. The lowest BCUT2D eigenvalue weighted by molar-refractivity contribution is -0.118. The number of likely N-dealkylation sites (N-methyl/N-ethyl adjacent to an activating group) is 1. The molecule has 0 radical (unpaired) electrons. The summed E-state index contributed by atoms with van der Waals surface area (Å²) in [6.45, 7) is -0.0951. The molecule has 6 heteroatoms. The summed E-state index contributed by atoms with van der Waals surface area (Å²) in [6, 6.07) is 7.03. The van der Waals surface area contributed by atoms with Crippen molar-refractivity contribution >= 4 is 11.8 Å². The molecule has 0 atom stereocenters. The van der Waals surface area contributed by atoms with Gasteiger partial charge in [0.05, 0.1) is 12.9 Å². The van der Waals surface area contributed by atoms with Crippen LogP contribution >= 0.6 is 0 Å². The number of hydrogen-bond acceptors (Lipinski definition) is 3. The number of carbonyl (C=O) groups is 2. The van der Waals surface area contributed by atoms with Gasteiger partial charge in [0.1, 0.15) is 0 Å². The molecule has 2 N–H and O–H groups in total. The van der Waals surface area contributed by atoms with Crippen LogP contribution in [0, 0.1) is 0 Å². The van der Waals surface area contributed by atoms with E-state index in [4.69, 9.17) is 5.73 Å². The molecular weight excluding hydrogens is 244 g/mol. The van der Waals surface area contributed by atoms with Crippen molar-refractivity contribution in [2.75, 3.05) is 13.6 Å². The maximum absolute atomic E-state index is 12.0. The van der Waals surface area contributed by atoms with Gasteiger partial charge in [-0.05, 0) is 24.3 Å². The Morgan fingerprint density at radius 1 is 1.32 bits per heavy atom. The number of rotatable bonds is 4. The van der Waals surface area contributed by atoms with Crippen molar-refractivity contribution in [3.63, 3.8) is 0 Å². The summed E-state index contributed by atoms with van der Waals surface area (Å²) in [5.74, 6) is -0.776. The summed E-state index contributed by atoms with van der Waals surface area (Å²) in [5, 5.41) is 0. The van der Waals surface area contributed by atoms with Crippen molar-refractivity contribution in [1.82, 2.24) is 14.5 Å². The average molecular weight is 258 g/mol. The van der Waals surface area contributed by atoms with Crippen molar-refractivity contribution in [2.24, 2.45) is 5.73 Å². The quantitative estimate of drug-likeness (QED) is 0.863. The molecule has 0 spiro atoms. The van der Waals surface area contributed by atoms with Gasteiger partial charge < -0.3 is 15.2 Å². The highest BCUT2D eigenvalue weighted by Crippen LogP contribution is 2.10. The van der Waals surface area contributed by atoms with Crippen LogP contribution in [-0.2, 0) is 4.79 Å². The van der Waals surface area contributed by atoms with Crippen LogP contribution in [0.3, 0.4) is 0 Å². The zero-order valence-corrected chi connectivity index (χ0v) is 10.5. The van der Waals surface area contributed by atoms with Gasteiger partial charge in [-0.15, -0.1) is 0 Å². The van der Waals surface area contributed by atoms with E-state index < -0.39 is 5.91 Å². The first-order valence-electron chi connectivity index (χ1n) is 5.70. The number of aromatic nitrogens is 2. The van der Waals surface area contributed by atoms with E-state index >= 15 is 0 Å². The molecule has 2 aromatic rings. The van der Waals surface area contributed by atoms with E-state index in [0.717, 1.165) is 5.69 Å². The summed E-state index contributed by atoms with van der Waals surface area (Å²) >= 11 is 0. The third kappa shape index (κ3) is 2.98. The number of primary amides is 1. The van der Waals surface area contributed by atoms with E-state index in [1.165, 1.54) is 11.9 Å². The van der Waals surface area contributed by atoms with Gasteiger partial charge >= 0.3 is 0 Å². The predicted octanol–water partition coefficient (Wildman–Crippen LogP) is 0.430. The van der Waals surface area contributed by atoms with Gasteiger partial charge in [0.2, 0.25) is 5.91 Å². The van der Waals surface area contributed by atoms with Gasteiger partial charge in [0.25, 0.3) is 5.91 Å². The number of nitrogens with zero attached hydrogens (tertiary/aromatic N) is 3. The number of amides is 2. The minimum atomic E-state index is -0.536. The molecule has 0 aliphatic rings. The maximum Gasteiger partial charge on any atom is 0.254 e. The Hall–Kier alpha value is -2.63. The van der Waals surface area contributed by atoms with Crippen LogP contribution in [0.2, 0.25) is 0 Å². The topological polar surface area (TPSA) is 81.2 Å². The zero-order valence-electron chi connectivity index (χ0n) is 10.5. The van der Waals surface area contributed by atoms with Crippen LogP contribution < -0.4 is 5.73 Å². The second-order valence-corrected chi connectivity index (χ2v) is 4.14. The normalized spacial score (nSPS) is 10.2. The van der Waals surface area contributed by atoms with E-state index in [1.54, 1.807) is 24.7 Å². The lowest BCUT2D eigenvalue weighted by Gasteiger charge is -2.15. The van der Waals surface area contributed by atoms with Crippen molar-refractivity contribution in [1.29, 1.82) is 0 Å². The monoisotopic (exact) mass is 258 g/mol. The van der Waals surface area contributed by atoms with Crippen molar-refractivity contribution < 1.29 is 9.59 Å². The fraction of sp³-hybridized carbons (Fsp3) is 0.154. The summed E-state index contributed by atoms with van der Waals surface area (Å²) in [5.41, 5.74) is 6.47. The minimum absolute atomic E-state index is 0.0951. The molecule has 0 saturated carbocycles. The average Bonchev–Trinajstić information content (AvgIpc) is 2.91. The molecule has 1 aromatic heterocycles. The Morgan fingerprint density at radius 3 is 2.53 bits per heavy atom. The zero-order chi connectivity index (χ0) is 13.8. The molecular formula is C13H14N4O2. The molecule has 2 amide bonds. The smallest absolute Gasteiger partial charge is 0.254 e. The van der Waals surface area contributed by atoms with Crippen molar-refractivity contribution in [3.8, 4) is 5.69 Å². The molecule has 6 nitrogen and oxygen atoms in total. The van der Waals surface area contributed by atoms with Gasteiger partial charge in [0.15, 0.2) is 0 Å². The highest BCUT2D eigenvalue weighted by atomic mass is 16.2. The Balaban J connectivity index is 2.14. The summed E-state index contributed by atoms with van der Waals surface area (Å²) < 4.78 is 1.83. The standard InChI is InChI=1S/C13H14N4O2/c1-16(8-12(14)18)13(19)10-2-4-11(5-3-10)17-7-6-15-9-17/h2-7,9H,8H2,1H3,(H2,14,18). The molecule has 0 bridgehead atoms. The third-order valence-corrected chi connectivity index (χ3v) is 2.66. The van der Waals surface area contributed by atoms with Crippen LogP contribution in [0.25, 0.3) is 5.69 Å². The highest BCUT2D eigenvalue weighted by Gasteiger charge is 2.13. The van der Waals surface area contributed by atoms with Crippen molar-refractivity contribution in [2.45, 2.75) is 0 Å². The van der Waals surface area contributed by atoms with E-state index in [9.17, 15) is 9.59 Å². The van der Waals surface area contributed by atoms with Gasteiger partial charge in [-0.3, -0.25) is 9.59 Å². The van der Waals surface area contributed by atoms with Crippen LogP contribution in [0.15, 0.2) is 43.0 Å². The van der Waals surface area contributed by atoms with E-state index in [-0.39, 0.29) is 12.5 Å². The second kappa shape index (κ2) is 5.34. The van der Waals surface area contributed by atoms with Crippen LogP contribution in [0.4, 0.5) is 0 Å². The summed E-state index contributed by atoms with van der Waals surface area (Å²) in [4.78, 5) is 28.0. The molecule has 0 fully saturated rings. The van der Waals surface area contributed by atoms with Gasteiger partial charge in [-0.2, -0.15) is 0 Å². The lowest BCUT2D eigenvalue weighted by atomic mass is 10.2. The van der Waals surface area contributed by atoms with Crippen LogP contribution in [-0.4, -0.2) is 39.9 Å². The Labute approximate surface area is 110 Å². The van der Waals surface area contributed by atoms with Gasteiger partial charge in [-0.25, -0.2) is 4.98 Å². The number of nitrogens with two attached hydrogens (primary N) is 1. The Bertz CT molecular complexity index is 575. The third-order valence-electron chi connectivity index (χ3n) is 2.66.